The van der Waals surface area contributed by atoms with Crippen LogP contribution in [0.15, 0.2) is 30.6 Å². The molecular weight excluding hydrogens is 324 g/mol. The monoisotopic (exact) mass is 342 g/mol. The highest BCUT2D eigenvalue weighted by Crippen LogP contribution is 2.34. The molecule has 1 unspecified atom stereocenters. The van der Waals surface area contributed by atoms with Crippen LogP contribution in [0.1, 0.15) is 23.0 Å². The van der Waals surface area contributed by atoms with E-state index in [0.717, 1.165) is 11.9 Å². The van der Waals surface area contributed by atoms with Gasteiger partial charge in [-0.1, -0.05) is 6.07 Å². The van der Waals surface area contributed by atoms with Crippen molar-refractivity contribution < 1.29 is 17.6 Å². The lowest BCUT2D eigenvalue weighted by Crippen LogP contribution is -2.46. The fourth-order valence-electron chi connectivity index (χ4n) is 3.06. The summed E-state index contributed by atoms with van der Waals surface area (Å²) in [6.07, 6.45) is -1.10. The average Bonchev–Trinajstić information content (AvgIpc) is 2.94. The first-order valence-electron chi connectivity index (χ1n) is 7.64. The van der Waals surface area contributed by atoms with Gasteiger partial charge in [0.2, 0.25) is 0 Å². The van der Waals surface area contributed by atoms with E-state index in [1.165, 1.54) is 6.07 Å². The van der Waals surface area contributed by atoms with E-state index in [1.54, 1.807) is 12.4 Å². The Morgan fingerprint density at radius 2 is 2.12 bits per heavy atom. The largest absolute Gasteiger partial charge is 0.416 e. The number of halogens is 4. The van der Waals surface area contributed by atoms with E-state index in [2.05, 4.69) is 10.3 Å². The Morgan fingerprint density at radius 1 is 1.33 bits per heavy atom. The number of nitrogens with one attached hydrogen (secondary N) is 1. The zero-order chi connectivity index (χ0) is 17.3. The van der Waals surface area contributed by atoms with Crippen LogP contribution in [0.25, 0.3) is 0 Å². The third-order valence-corrected chi connectivity index (χ3v) is 4.26. The van der Waals surface area contributed by atoms with Crippen molar-refractivity contribution in [2.75, 3.05) is 19.6 Å². The Balaban J connectivity index is 1.90. The summed E-state index contributed by atoms with van der Waals surface area (Å²) >= 11 is 0. The number of imidazole rings is 1. The first kappa shape index (κ1) is 16.9. The quantitative estimate of drug-likeness (QED) is 0.871. The van der Waals surface area contributed by atoms with Gasteiger partial charge in [0.15, 0.2) is 0 Å². The number of aryl methyl sites for hydroxylation is 1. The van der Waals surface area contributed by atoms with Crippen LogP contribution in [0.5, 0.6) is 0 Å². The molecule has 1 fully saturated rings. The van der Waals surface area contributed by atoms with Crippen molar-refractivity contribution in [2.24, 2.45) is 7.05 Å². The SMILES string of the molecule is Cn1ccnc1C1CNCCN1Cc1ccc(F)cc1C(F)(F)F. The van der Waals surface area contributed by atoms with Gasteiger partial charge < -0.3 is 9.88 Å². The molecule has 0 saturated carbocycles. The minimum absolute atomic E-state index is 0.0741. The highest BCUT2D eigenvalue weighted by Gasteiger charge is 2.35. The lowest BCUT2D eigenvalue weighted by Gasteiger charge is -2.36. The lowest BCUT2D eigenvalue weighted by atomic mass is 10.0. The van der Waals surface area contributed by atoms with Crippen LogP contribution in [0.2, 0.25) is 0 Å². The minimum Gasteiger partial charge on any atom is -0.337 e. The number of hydrogen-bond donors (Lipinski definition) is 1. The molecule has 130 valence electrons. The molecule has 3 rings (SSSR count). The van der Waals surface area contributed by atoms with Gasteiger partial charge in [-0.2, -0.15) is 13.2 Å². The molecule has 1 atom stereocenters. The predicted octanol–water partition coefficient (Wildman–Crippen LogP) is 2.72. The predicted molar refractivity (Wildman–Crippen MR) is 80.6 cm³/mol. The van der Waals surface area contributed by atoms with Crippen molar-refractivity contribution in [3.05, 3.63) is 53.4 Å². The van der Waals surface area contributed by atoms with E-state index in [9.17, 15) is 17.6 Å². The molecule has 0 amide bonds. The first-order valence-corrected chi connectivity index (χ1v) is 7.64. The van der Waals surface area contributed by atoms with Gasteiger partial charge in [-0.05, 0) is 17.7 Å². The van der Waals surface area contributed by atoms with Crippen molar-refractivity contribution >= 4 is 0 Å². The zero-order valence-electron chi connectivity index (χ0n) is 13.1. The maximum atomic E-state index is 13.3. The number of rotatable bonds is 3. The van der Waals surface area contributed by atoms with Crippen LogP contribution in [-0.2, 0) is 19.8 Å². The summed E-state index contributed by atoms with van der Waals surface area (Å²) in [5.74, 6) is -0.0927. The fourth-order valence-corrected chi connectivity index (χ4v) is 3.06. The number of aromatic nitrogens is 2. The zero-order valence-corrected chi connectivity index (χ0v) is 13.1. The molecule has 0 radical (unpaired) electrons. The third-order valence-electron chi connectivity index (χ3n) is 4.26. The van der Waals surface area contributed by atoms with Crippen molar-refractivity contribution in [1.29, 1.82) is 0 Å². The first-order chi connectivity index (χ1) is 11.4. The van der Waals surface area contributed by atoms with Crippen molar-refractivity contribution in [3.8, 4) is 0 Å². The second kappa shape index (κ2) is 6.52. The van der Waals surface area contributed by atoms with E-state index >= 15 is 0 Å². The molecule has 0 spiro atoms. The molecule has 1 saturated heterocycles. The normalized spacial score (nSPS) is 19.6. The van der Waals surface area contributed by atoms with Crippen LogP contribution >= 0.6 is 0 Å². The number of alkyl halides is 3. The lowest BCUT2D eigenvalue weighted by molar-refractivity contribution is -0.138. The maximum Gasteiger partial charge on any atom is 0.416 e. The Labute approximate surface area is 137 Å². The van der Waals surface area contributed by atoms with Crippen LogP contribution < -0.4 is 5.32 Å². The molecule has 0 bridgehead atoms. The number of benzene rings is 1. The van der Waals surface area contributed by atoms with Gasteiger partial charge in [0.1, 0.15) is 11.6 Å². The molecule has 24 heavy (non-hydrogen) atoms. The molecule has 1 aliphatic rings. The smallest absolute Gasteiger partial charge is 0.337 e. The summed E-state index contributed by atoms with van der Waals surface area (Å²) in [6.45, 7) is 1.97. The maximum absolute atomic E-state index is 13.3. The highest BCUT2D eigenvalue weighted by molar-refractivity contribution is 5.30. The summed E-state index contributed by atoms with van der Waals surface area (Å²) in [6, 6.07) is 2.72. The minimum atomic E-state index is -4.58. The average molecular weight is 342 g/mol. The van der Waals surface area contributed by atoms with Crippen LogP contribution in [-0.4, -0.2) is 34.1 Å². The van der Waals surface area contributed by atoms with Gasteiger partial charge in [-0.3, -0.25) is 4.90 Å². The van der Waals surface area contributed by atoms with E-state index in [1.807, 2.05) is 16.5 Å². The summed E-state index contributed by atoms with van der Waals surface area (Å²) in [4.78, 5) is 6.26. The summed E-state index contributed by atoms with van der Waals surface area (Å²) < 4.78 is 54.7. The molecule has 1 aromatic heterocycles. The summed E-state index contributed by atoms with van der Waals surface area (Å²) in [5, 5.41) is 3.24. The van der Waals surface area contributed by atoms with Gasteiger partial charge >= 0.3 is 6.18 Å². The van der Waals surface area contributed by atoms with Crippen molar-refractivity contribution in [2.45, 2.75) is 18.8 Å². The fraction of sp³-hybridized carbons (Fsp3) is 0.438. The van der Waals surface area contributed by atoms with Crippen molar-refractivity contribution in [1.82, 2.24) is 19.8 Å². The topological polar surface area (TPSA) is 33.1 Å². The highest BCUT2D eigenvalue weighted by atomic mass is 19.4. The van der Waals surface area contributed by atoms with E-state index < -0.39 is 17.6 Å². The molecule has 2 aromatic rings. The van der Waals surface area contributed by atoms with E-state index in [-0.39, 0.29) is 18.2 Å². The van der Waals surface area contributed by atoms with Crippen LogP contribution in [0, 0.1) is 5.82 Å². The molecule has 8 heteroatoms. The standard InChI is InChI=1S/C16H18F4N4/c1-23-6-5-22-15(23)14-9-21-4-7-24(14)10-11-2-3-12(17)8-13(11)16(18,19)20/h2-3,5-6,8,14,21H,4,7,9-10H2,1H3. The van der Waals surface area contributed by atoms with Gasteiger partial charge in [0.05, 0.1) is 11.6 Å². The second-order valence-corrected chi connectivity index (χ2v) is 5.89. The molecule has 1 aromatic carbocycles. The molecule has 4 nitrogen and oxygen atoms in total. The molecule has 1 aliphatic heterocycles. The van der Waals surface area contributed by atoms with E-state index in [4.69, 9.17) is 0 Å². The Kier molecular flexibility index (Phi) is 4.60. The van der Waals surface area contributed by atoms with Crippen molar-refractivity contribution in [3.63, 3.8) is 0 Å². The number of nitrogens with zero attached hydrogens (tertiary/aromatic N) is 3. The van der Waals surface area contributed by atoms with Gasteiger partial charge in [-0.15, -0.1) is 0 Å². The van der Waals surface area contributed by atoms with Crippen LogP contribution in [0.3, 0.4) is 0 Å². The van der Waals surface area contributed by atoms with Gasteiger partial charge in [0.25, 0.3) is 0 Å². The summed E-state index contributed by atoms with van der Waals surface area (Å²) in [5.41, 5.74) is -0.843. The summed E-state index contributed by atoms with van der Waals surface area (Å²) in [7, 11) is 1.86. The van der Waals surface area contributed by atoms with Crippen LogP contribution in [0.4, 0.5) is 17.6 Å². The molecule has 0 aliphatic carbocycles. The third kappa shape index (κ3) is 3.44. The Bertz CT molecular complexity index is 710. The Hall–Kier alpha value is -1.93. The Morgan fingerprint density at radius 3 is 2.79 bits per heavy atom. The number of hydrogen-bond acceptors (Lipinski definition) is 3. The van der Waals surface area contributed by atoms with Gasteiger partial charge in [0, 0.05) is 45.6 Å². The molecule has 1 N–H and O–H groups in total. The van der Waals surface area contributed by atoms with Gasteiger partial charge in [-0.25, -0.2) is 9.37 Å². The second-order valence-electron chi connectivity index (χ2n) is 5.89. The number of piperazine rings is 1. The molecular formula is C16H18F4N4. The molecule has 2 heterocycles. The van der Waals surface area contributed by atoms with E-state index in [0.29, 0.717) is 25.7 Å².